The zero-order valence-corrected chi connectivity index (χ0v) is 12.0. The van der Waals surface area contributed by atoms with E-state index in [0.717, 1.165) is 27.7 Å². The van der Waals surface area contributed by atoms with Crippen molar-refractivity contribution in [2.75, 3.05) is 0 Å². The summed E-state index contributed by atoms with van der Waals surface area (Å²) in [6, 6.07) is 15.5. The molecule has 0 saturated carbocycles. The average Bonchev–Trinajstić information content (AvgIpc) is 2.84. The number of para-hydroxylation sites is 1. The highest BCUT2D eigenvalue weighted by atomic mass is 35.5. The fraction of sp³-hybridized carbons (Fsp3) is 0.118. The number of nitrogens with one attached hydrogen (secondary N) is 1. The standard InChI is InChI=1S/C17H14ClNO2/c18-12-7-5-11(6-8-12)17-14(9-10-16(20)21)13-3-1-2-4-15(13)19-17/h1-8,19H,9-10H2,(H,20,21). The molecule has 1 heterocycles. The number of benzene rings is 2. The molecule has 0 aliphatic heterocycles. The number of hydrogen-bond acceptors (Lipinski definition) is 1. The molecule has 0 radical (unpaired) electrons. The lowest BCUT2D eigenvalue weighted by atomic mass is 10.0. The minimum Gasteiger partial charge on any atom is -0.481 e. The van der Waals surface area contributed by atoms with E-state index in [1.165, 1.54) is 0 Å². The Morgan fingerprint density at radius 1 is 1.10 bits per heavy atom. The second kappa shape index (κ2) is 5.62. The number of carbonyl (C=O) groups is 1. The molecular weight excluding hydrogens is 286 g/mol. The summed E-state index contributed by atoms with van der Waals surface area (Å²) in [5, 5.41) is 10.7. The van der Waals surface area contributed by atoms with Gasteiger partial charge in [0, 0.05) is 28.0 Å². The zero-order valence-electron chi connectivity index (χ0n) is 11.3. The smallest absolute Gasteiger partial charge is 0.303 e. The van der Waals surface area contributed by atoms with E-state index in [2.05, 4.69) is 4.98 Å². The summed E-state index contributed by atoms with van der Waals surface area (Å²) in [7, 11) is 0. The lowest BCUT2D eigenvalue weighted by Gasteiger charge is -2.04. The number of carboxylic acids is 1. The second-order valence-electron chi connectivity index (χ2n) is 4.92. The number of halogens is 1. The van der Waals surface area contributed by atoms with Gasteiger partial charge >= 0.3 is 5.97 Å². The second-order valence-corrected chi connectivity index (χ2v) is 5.36. The maximum absolute atomic E-state index is 10.9. The number of aromatic nitrogens is 1. The van der Waals surface area contributed by atoms with Crippen LogP contribution in [0.4, 0.5) is 0 Å². The van der Waals surface area contributed by atoms with Crippen molar-refractivity contribution in [1.29, 1.82) is 0 Å². The van der Waals surface area contributed by atoms with Gasteiger partial charge in [-0.1, -0.05) is 41.9 Å². The molecule has 4 heteroatoms. The van der Waals surface area contributed by atoms with Crippen molar-refractivity contribution in [3.8, 4) is 11.3 Å². The van der Waals surface area contributed by atoms with E-state index < -0.39 is 5.97 Å². The van der Waals surface area contributed by atoms with E-state index >= 15 is 0 Å². The van der Waals surface area contributed by atoms with E-state index in [4.69, 9.17) is 16.7 Å². The molecule has 21 heavy (non-hydrogen) atoms. The normalized spacial score (nSPS) is 10.9. The van der Waals surface area contributed by atoms with Crippen LogP contribution >= 0.6 is 11.6 Å². The van der Waals surface area contributed by atoms with Gasteiger partial charge in [0.15, 0.2) is 0 Å². The number of aliphatic carboxylic acids is 1. The maximum Gasteiger partial charge on any atom is 0.303 e. The molecule has 0 spiro atoms. The van der Waals surface area contributed by atoms with Gasteiger partial charge in [-0.05, 0) is 35.7 Å². The first-order valence-corrected chi connectivity index (χ1v) is 7.10. The molecule has 3 rings (SSSR count). The van der Waals surface area contributed by atoms with Gasteiger partial charge in [0.25, 0.3) is 0 Å². The maximum atomic E-state index is 10.9. The van der Waals surface area contributed by atoms with Crippen LogP contribution in [0.3, 0.4) is 0 Å². The number of carboxylic acid groups (broad SMARTS) is 1. The Balaban J connectivity index is 2.13. The number of rotatable bonds is 4. The summed E-state index contributed by atoms with van der Waals surface area (Å²) < 4.78 is 0. The Labute approximate surface area is 127 Å². The van der Waals surface area contributed by atoms with Gasteiger partial charge in [-0.2, -0.15) is 0 Å². The van der Waals surface area contributed by atoms with E-state index in [1.807, 2.05) is 48.5 Å². The van der Waals surface area contributed by atoms with Crippen molar-refractivity contribution < 1.29 is 9.90 Å². The molecule has 1 aromatic heterocycles. The minimum atomic E-state index is -0.790. The molecule has 2 aromatic carbocycles. The molecule has 0 fully saturated rings. The highest BCUT2D eigenvalue weighted by Gasteiger charge is 2.13. The number of fused-ring (bicyclic) bond motifs is 1. The molecule has 0 aliphatic rings. The van der Waals surface area contributed by atoms with Crippen molar-refractivity contribution in [3.63, 3.8) is 0 Å². The van der Waals surface area contributed by atoms with Gasteiger partial charge in [0.2, 0.25) is 0 Å². The molecule has 0 unspecified atom stereocenters. The lowest BCUT2D eigenvalue weighted by molar-refractivity contribution is -0.136. The summed E-state index contributed by atoms with van der Waals surface area (Å²) in [5.74, 6) is -0.790. The third-order valence-corrected chi connectivity index (χ3v) is 3.79. The molecule has 2 N–H and O–H groups in total. The van der Waals surface area contributed by atoms with Gasteiger partial charge in [-0.3, -0.25) is 4.79 Å². The molecule has 3 aromatic rings. The van der Waals surface area contributed by atoms with E-state index in [9.17, 15) is 4.79 Å². The first kappa shape index (κ1) is 13.7. The fourth-order valence-electron chi connectivity index (χ4n) is 2.55. The molecule has 3 nitrogen and oxygen atoms in total. The molecule has 0 atom stereocenters. The Bertz CT molecular complexity index is 790. The van der Waals surface area contributed by atoms with E-state index in [1.54, 1.807) is 0 Å². The number of H-pyrrole nitrogens is 1. The van der Waals surface area contributed by atoms with Crippen LogP contribution in [0, 0.1) is 0 Å². The molecular formula is C17H14ClNO2. The van der Waals surface area contributed by atoms with Gasteiger partial charge < -0.3 is 10.1 Å². The monoisotopic (exact) mass is 299 g/mol. The summed E-state index contributed by atoms with van der Waals surface area (Å²) >= 11 is 5.93. The first-order chi connectivity index (χ1) is 10.1. The van der Waals surface area contributed by atoms with Crippen LogP contribution in [-0.4, -0.2) is 16.1 Å². The highest BCUT2D eigenvalue weighted by molar-refractivity contribution is 6.30. The third-order valence-electron chi connectivity index (χ3n) is 3.54. The predicted octanol–water partition coefficient (Wildman–Crippen LogP) is 4.51. The van der Waals surface area contributed by atoms with Crippen LogP contribution in [0.1, 0.15) is 12.0 Å². The first-order valence-electron chi connectivity index (χ1n) is 6.72. The van der Waals surface area contributed by atoms with Crippen LogP contribution in [-0.2, 0) is 11.2 Å². The molecule has 0 aliphatic carbocycles. The van der Waals surface area contributed by atoms with E-state index in [-0.39, 0.29) is 6.42 Å². The lowest BCUT2D eigenvalue weighted by Crippen LogP contribution is -1.98. The third kappa shape index (κ3) is 2.78. The topological polar surface area (TPSA) is 53.1 Å². The van der Waals surface area contributed by atoms with Crippen LogP contribution in [0.25, 0.3) is 22.2 Å². The Kier molecular flexibility index (Phi) is 3.67. The fourth-order valence-corrected chi connectivity index (χ4v) is 2.68. The Morgan fingerprint density at radius 3 is 2.52 bits per heavy atom. The van der Waals surface area contributed by atoms with Crippen LogP contribution in [0.15, 0.2) is 48.5 Å². The Hall–Kier alpha value is -2.26. The van der Waals surface area contributed by atoms with Crippen LogP contribution in [0.5, 0.6) is 0 Å². The summed E-state index contributed by atoms with van der Waals surface area (Å²) in [4.78, 5) is 14.3. The van der Waals surface area contributed by atoms with Crippen molar-refractivity contribution >= 4 is 28.5 Å². The summed E-state index contributed by atoms with van der Waals surface area (Å²) in [6.45, 7) is 0. The predicted molar refractivity (Wildman–Crippen MR) is 84.7 cm³/mol. The van der Waals surface area contributed by atoms with Gasteiger partial charge in [-0.15, -0.1) is 0 Å². The summed E-state index contributed by atoms with van der Waals surface area (Å²) in [5.41, 5.74) is 4.03. The van der Waals surface area contributed by atoms with Gasteiger partial charge in [0.05, 0.1) is 0 Å². The minimum absolute atomic E-state index is 0.114. The van der Waals surface area contributed by atoms with Crippen molar-refractivity contribution in [2.24, 2.45) is 0 Å². The van der Waals surface area contributed by atoms with Crippen molar-refractivity contribution in [1.82, 2.24) is 4.98 Å². The van der Waals surface area contributed by atoms with E-state index in [0.29, 0.717) is 11.4 Å². The molecule has 0 amide bonds. The molecule has 106 valence electrons. The van der Waals surface area contributed by atoms with Gasteiger partial charge in [0.1, 0.15) is 0 Å². The largest absolute Gasteiger partial charge is 0.481 e. The van der Waals surface area contributed by atoms with Crippen LogP contribution < -0.4 is 0 Å². The summed E-state index contributed by atoms with van der Waals surface area (Å²) in [6.07, 6.45) is 0.611. The Morgan fingerprint density at radius 2 is 1.81 bits per heavy atom. The number of aryl methyl sites for hydroxylation is 1. The van der Waals surface area contributed by atoms with Crippen LogP contribution in [0.2, 0.25) is 5.02 Å². The van der Waals surface area contributed by atoms with Crippen molar-refractivity contribution in [2.45, 2.75) is 12.8 Å². The average molecular weight is 300 g/mol. The molecule has 0 saturated heterocycles. The SMILES string of the molecule is O=C(O)CCc1c(-c2ccc(Cl)cc2)[nH]c2ccccc12. The number of hydrogen-bond donors (Lipinski definition) is 2. The molecule has 0 bridgehead atoms. The van der Waals surface area contributed by atoms with Crippen molar-refractivity contribution in [3.05, 3.63) is 59.1 Å². The highest BCUT2D eigenvalue weighted by Crippen LogP contribution is 2.31. The van der Waals surface area contributed by atoms with Gasteiger partial charge in [-0.25, -0.2) is 0 Å². The zero-order chi connectivity index (χ0) is 14.8. The number of aromatic amines is 1. The quantitative estimate of drug-likeness (QED) is 0.745.